The van der Waals surface area contributed by atoms with Crippen LogP contribution in [0.1, 0.15) is 25.3 Å². The van der Waals surface area contributed by atoms with Crippen molar-refractivity contribution in [1.82, 2.24) is 0 Å². The Labute approximate surface area is 104 Å². The number of hydrogen-bond donors (Lipinski definition) is 1. The van der Waals surface area contributed by atoms with Crippen molar-refractivity contribution in [2.75, 3.05) is 0 Å². The van der Waals surface area contributed by atoms with Crippen LogP contribution < -0.4 is 0 Å². The molecule has 0 aliphatic rings. The Morgan fingerprint density at radius 2 is 1.35 bits per heavy atom. The molecule has 0 fully saturated rings. The second kappa shape index (κ2) is 8.40. The first-order valence-electron chi connectivity index (χ1n) is 6.11. The SMILES string of the molecule is CCCCc1ccccc1.Oc1ccccc1. The summed E-state index contributed by atoms with van der Waals surface area (Å²) in [5.74, 6) is 0.322. The van der Waals surface area contributed by atoms with E-state index in [-0.39, 0.29) is 0 Å². The first kappa shape index (κ1) is 13.3. The van der Waals surface area contributed by atoms with Gasteiger partial charge in [0, 0.05) is 0 Å². The quantitative estimate of drug-likeness (QED) is 0.824. The van der Waals surface area contributed by atoms with E-state index in [4.69, 9.17) is 5.11 Å². The lowest BCUT2D eigenvalue weighted by Crippen LogP contribution is -1.81. The fourth-order valence-electron chi connectivity index (χ4n) is 1.45. The van der Waals surface area contributed by atoms with Gasteiger partial charge in [-0.3, -0.25) is 0 Å². The van der Waals surface area contributed by atoms with Gasteiger partial charge in [0.1, 0.15) is 5.75 Å². The molecule has 2 aromatic carbocycles. The molecule has 2 rings (SSSR count). The zero-order valence-electron chi connectivity index (χ0n) is 10.3. The largest absolute Gasteiger partial charge is 0.508 e. The highest BCUT2D eigenvalue weighted by molar-refractivity contribution is 5.18. The molecule has 0 aliphatic heterocycles. The second-order valence-electron chi connectivity index (χ2n) is 3.92. The number of para-hydroxylation sites is 1. The van der Waals surface area contributed by atoms with Gasteiger partial charge in [-0.05, 0) is 30.5 Å². The van der Waals surface area contributed by atoms with E-state index < -0.39 is 0 Å². The van der Waals surface area contributed by atoms with E-state index in [9.17, 15) is 0 Å². The second-order valence-corrected chi connectivity index (χ2v) is 3.92. The van der Waals surface area contributed by atoms with E-state index in [0.717, 1.165) is 0 Å². The Hall–Kier alpha value is -1.76. The minimum atomic E-state index is 0.322. The van der Waals surface area contributed by atoms with Gasteiger partial charge in [0.25, 0.3) is 0 Å². The Balaban J connectivity index is 0.000000181. The number of hydrogen-bond acceptors (Lipinski definition) is 1. The smallest absolute Gasteiger partial charge is 0.115 e. The number of rotatable bonds is 3. The van der Waals surface area contributed by atoms with Gasteiger partial charge >= 0.3 is 0 Å². The van der Waals surface area contributed by atoms with Gasteiger partial charge in [-0.1, -0.05) is 61.9 Å². The highest BCUT2D eigenvalue weighted by atomic mass is 16.3. The van der Waals surface area contributed by atoms with Crippen molar-refractivity contribution in [3.05, 3.63) is 66.2 Å². The topological polar surface area (TPSA) is 20.2 Å². The molecule has 0 heterocycles. The van der Waals surface area contributed by atoms with Crippen molar-refractivity contribution < 1.29 is 5.11 Å². The summed E-state index contributed by atoms with van der Waals surface area (Å²) in [6.45, 7) is 2.23. The van der Waals surface area contributed by atoms with Crippen LogP contribution >= 0.6 is 0 Å². The molecule has 90 valence electrons. The van der Waals surface area contributed by atoms with E-state index in [1.54, 1.807) is 24.3 Å². The van der Waals surface area contributed by atoms with E-state index in [1.165, 1.54) is 24.8 Å². The summed E-state index contributed by atoms with van der Waals surface area (Å²) in [6.07, 6.45) is 3.83. The van der Waals surface area contributed by atoms with Crippen LogP contribution in [0.3, 0.4) is 0 Å². The maximum Gasteiger partial charge on any atom is 0.115 e. The summed E-state index contributed by atoms with van der Waals surface area (Å²) < 4.78 is 0. The molecule has 0 unspecified atom stereocenters. The molecular formula is C16H20O. The molecule has 1 N–H and O–H groups in total. The lowest BCUT2D eigenvalue weighted by molar-refractivity contribution is 0.475. The molecular weight excluding hydrogens is 208 g/mol. The van der Waals surface area contributed by atoms with Crippen LogP contribution in [0.5, 0.6) is 5.75 Å². The molecule has 0 aromatic heterocycles. The lowest BCUT2D eigenvalue weighted by Gasteiger charge is -1.96. The average Bonchev–Trinajstić information content (AvgIpc) is 2.39. The molecule has 1 nitrogen and oxygen atoms in total. The van der Waals surface area contributed by atoms with Crippen LogP contribution in [0, 0.1) is 0 Å². The van der Waals surface area contributed by atoms with Crippen molar-refractivity contribution >= 4 is 0 Å². The molecule has 0 atom stereocenters. The van der Waals surface area contributed by atoms with Gasteiger partial charge in [0.2, 0.25) is 0 Å². The molecule has 2 aromatic rings. The molecule has 1 heteroatoms. The van der Waals surface area contributed by atoms with E-state index in [0.29, 0.717) is 5.75 Å². The van der Waals surface area contributed by atoms with Crippen LogP contribution in [0.4, 0.5) is 0 Å². The number of phenols is 1. The highest BCUT2D eigenvalue weighted by Gasteiger charge is 1.87. The maximum absolute atomic E-state index is 8.63. The molecule has 17 heavy (non-hydrogen) atoms. The molecule has 0 saturated heterocycles. The summed E-state index contributed by atoms with van der Waals surface area (Å²) in [6, 6.07) is 19.4. The predicted molar refractivity (Wildman–Crippen MR) is 73.2 cm³/mol. The summed E-state index contributed by atoms with van der Waals surface area (Å²) >= 11 is 0. The summed E-state index contributed by atoms with van der Waals surface area (Å²) in [4.78, 5) is 0. The van der Waals surface area contributed by atoms with Crippen LogP contribution in [0.15, 0.2) is 60.7 Å². The Bertz CT molecular complexity index is 381. The van der Waals surface area contributed by atoms with Crippen LogP contribution in [0.25, 0.3) is 0 Å². The van der Waals surface area contributed by atoms with Crippen LogP contribution in [0.2, 0.25) is 0 Å². The van der Waals surface area contributed by atoms with Gasteiger partial charge in [-0.25, -0.2) is 0 Å². The Morgan fingerprint density at radius 3 is 1.76 bits per heavy atom. The zero-order chi connectivity index (χ0) is 12.3. The third kappa shape index (κ3) is 6.41. The van der Waals surface area contributed by atoms with Gasteiger partial charge in [-0.15, -0.1) is 0 Å². The number of aryl methyl sites for hydroxylation is 1. The molecule has 0 saturated carbocycles. The number of aromatic hydroxyl groups is 1. The third-order valence-corrected chi connectivity index (χ3v) is 2.42. The Morgan fingerprint density at radius 1 is 0.824 bits per heavy atom. The van der Waals surface area contributed by atoms with Gasteiger partial charge in [0.15, 0.2) is 0 Å². The van der Waals surface area contributed by atoms with Crippen LogP contribution in [-0.2, 0) is 6.42 Å². The highest BCUT2D eigenvalue weighted by Crippen LogP contribution is 2.03. The van der Waals surface area contributed by atoms with Gasteiger partial charge < -0.3 is 5.11 Å². The summed E-state index contributed by atoms with van der Waals surface area (Å²) in [5.41, 5.74) is 1.46. The van der Waals surface area contributed by atoms with Crippen molar-refractivity contribution in [2.24, 2.45) is 0 Å². The molecule has 0 spiro atoms. The molecule has 0 aliphatic carbocycles. The van der Waals surface area contributed by atoms with Crippen molar-refractivity contribution in [3.63, 3.8) is 0 Å². The van der Waals surface area contributed by atoms with Crippen molar-refractivity contribution in [2.45, 2.75) is 26.2 Å². The average molecular weight is 228 g/mol. The minimum Gasteiger partial charge on any atom is -0.508 e. The van der Waals surface area contributed by atoms with E-state index in [1.807, 2.05) is 6.07 Å². The maximum atomic E-state index is 8.63. The number of phenolic OH excluding ortho intramolecular Hbond substituents is 1. The standard InChI is InChI=1S/C10H14.C6H6O/c1-2-3-7-10-8-5-4-6-9-10;7-6-4-2-1-3-5-6/h4-6,8-9H,2-3,7H2,1H3;1-5,7H. The van der Waals surface area contributed by atoms with E-state index in [2.05, 4.69) is 37.3 Å². The summed E-state index contributed by atoms with van der Waals surface area (Å²) in [5, 5.41) is 8.63. The third-order valence-electron chi connectivity index (χ3n) is 2.42. The van der Waals surface area contributed by atoms with Gasteiger partial charge in [-0.2, -0.15) is 0 Å². The minimum absolute atomic E-state index is 0.322. The van der Waals surface area contributed by atoms with Crippen molar-refractivity contribution in [1.29, 1.82) is 0 Å². The fraction of sp³-hybridized carbons (Fsp3) is 0.250. The summed E-state index contributed by atoms with van der Waals surface area (Å²) in [7, 11) is 0. The van der Waals surface area contributed by atoms with Crippen molar-refractivity contribution in [3.8, 4) is 5.75 Å². The number of unbranched alkanes of at least 4 members (excludes halogenated alkanes) is 1. The van der Waals surface area contributed by atoms with Crippen LogP contribution in [-0.4, -0.2) is 5.11 Å². The number of benzene rings is 2. The van der Waals surface area contributed by atoms with Gasteiger partial charge in [0.05, 0.1) is 0 Å². The molecule has 0 bridgehead atoms. The molecule has 0 radical (unpaired) electrons. The zero-order valence-corrected chi connectivity index (χ0v) is 10.3. The van der Waals surface area contributed by atoms with E-state index >= 15 is 0 Å². The normalized spacial score (nSPS) is 9.24. The monoisotopic (exact) mass is 228 g/mol. The first-order valence-corrected chi connectivity index (χ1v) is 6.11. The Kier molecular flexibility index (Phi) is 6.57. The fourth-order valence-corrected chi connectivity index (χ4v) is 1.45. The molecule has 0 amide bonds. The predicted octanol–water partition coefficient (Wildman–Crippen LogP) is 4.42. The lowest BCUT2D eigenvalue weighted by atomic mass is 10.1. The first-order chi connectivity index (χ1) is 8.33.